The molecule has 0 aromatic heterocycles. The molecule has 0 saturated carbocycles. The second kappa shape index (κ2) is 6.37. The monoisotopic (exact) mass is 238 g/mol. The summed E-state index contributed by atoms with van der Waals surface area (Å²) in [7, 11) is 0. The van der Waals surface area contributed by atoms with E-state index in [0.717, 1.165) is 0 Å². The van der Waals surface area contributed by atoms with Gasteiger partial charge in [-0.15, -0.1) is 0 Å². The molecule has 4 heteroatoms. The maximum atomic E-state index is 11.5. The van der Waals surface area contributed by atoms with Crippen molar-refractivity contribution in [2.45, 2.75) is 26.4 Å². The molecule has 0 atom stereocenters. The predicted octanol–water partition coefficient (Wildman–Crippen LogP) is 2.59. The van der Waals surface area contributed by atoms with Crippen molar-refractivity contribution in [1.82, 2.24) is 0 Å². The zero-order chi connectivity index (χ0) is 12.7. The Labute approximate surface area is 101 Å². The molecule has 1 aromatic carbocycles. The smallest absolute Gasteiger partial charge is 0.338 e. The highest BCUT2D eigenvalue weighted by atomic mass is 17.2. The van der Waals surface area contributed by atoms with Gasteiger partial charge in [-0.2, -0.15) is 0 Å². The van der Waals surface area contributed by atoms with E-state index in [-0.39, 0.29) is 24.8 Å². The molecule has 0 spiro atoms. The Bertz CT molecular complexity index is 340. The minimum Gasteiger partial charge on any atom is -0.460 e. The lowest BCUT2D eigenvalue weighted by molar-refractivity contribution is -0.350. The third-order valence-electron chi connectivity index (χ3n) is 1.72. The summed E-state index contributed by atoms with van der Waals surface area (Å²) in [4.78, 5) is 21.4. The van der Waals surface area contributed by atoms with Gasteiger partial charge >= 0.3 is 5.97 Å². The van der Waals surface area contributed by atoms with Crippen LogP contribution >= 0.6 is 0 Å². The summed E-state index contributed by atoms with van der Waals surface area (Å²) in [5, 5.41) is 0. The third-order valence-corrected chi connectivity index (χ3v) is 1.72. The molecular formula is C13H18O4. The second-order valence-corrected chi connectivity index (χ2v) is 4.52. The van der Waals surface area contributed by atoms with E-state index in [0.29, 0.717) is 5.56 Å². The Morgan fingerprint density at radius 2 is 1.76 bits per heavy atom. The molecule has 0 unspecified atom stereocenters. The van der Waals surface area contributed by atoms with Crippen molar-refractivity contribution in [3.05, 3.63) is 35.9 Å². The fourth-order valence-corrected chi connectivity index (χ4v) is 1.04. The molecular weight excluding hydrogens is 220 g/mol. The lowest BCUT2D eigenvalue weighted by Gasteiger charge is -2.17. The summed E-state index contributed by atoms with van der Waals surface area (Å²) in [5.41, 5.74) is 0.174. The van der Waals surface area contributed by atoms with E-state index < -0.39 is 0 Å². The van der Waals surface area contributed by atoms with Gasteiger partial charge in [0.2, 0.25) is 0 Å². The van der Waals surface area contributed by atoms with Gasteiger partial charge in [0.1, 0.15) is 13.2 Å². The van der Waals surface area contributed by atoms with E-state index in [1.165, 1.54) is 0 Å². The van der Waals surface area contributed by atoms with Gasteiger partial charge in [0.25, 0.3) is 0 Å². The van der Waals surface area contributed by atoms with Crippen LogP contribution in [0.2, 0.25) is 0 Å². The largest absolute Gasteiger partial charge is 0.460 e. The van der Waals surface area contributed by atoms with Gasteiger partial charge < -0.3 is 4.74 Å². The van der Waals surface area contributed by atoms with Gasteiger partial charge in [0, 0.05) is 0 Å². The highest BCUT2D eigenvalue weighted by Crippen LogP contribution is 2.06. The average molecular weight is 238 g/mol. The molecule has 1 rings (SSSR count). The highest BCUT2D eigenvalue weighted by Gasteiger charge is 2.11. The van der Waals surface area contributed by atoms with E-state index in [1.807, 2.05) is 26.8 Å². The Kier molecular flexibility index (Phi) is 5.12. The summed E-state index contributed by atoms with van der Waals surface area (Å²) >= 11 is 0. The number of esters is 1. The lowest BCUT2D eigenvalue weighted by Crippen LogP contribution is -2.21. The molecule has 17 heavy (non-hydrogen) atoms. The van der Waals surface area contributed by atoms with Gasteiger partial charge in [-0.25, -0.2) is 14.6 Å². The van der Waals surface area contributed by atoms with Crippen molar-refractivity contribution in [1.29, 1.82) is 0 Å². The summed E-state index contributed by atoms with van der Waals surface area (Å²) < 4.78 is 5.00. The van der Waals surface area contributed by atoms with Gasteiger partial charge in [-0.05, 0) is 32.9 Å². The van der Waals surface area contributed by atoms with Crippen LogP contribution in [0.1, 0.15) is 31.1 Å². The molecule has 94 valence electrons. The standard InChI is InChI=1S/C13H18O4/c1-13(2,3)17-16-10-9-15-12(14)11-7-5-4-6-8-11/h4-8H,9-10H2,1-3H3. The van der Waals surface area contributed by atoms with Crippen molar-refractivity contribution in [2.75, 3.05) is 13.2 Å². The van der Waals surface area contributed by atoms with Gasteiger partial charge in [0.05, 0.1) is 11.2 Å². The van der Waals surface area contributed by atoms with Crippen LogP contribution < -0.4 is 0 Å². The molecule has 0 bridgehead atoms. The topological polar surface area (TPSA) is 44.8 Å². The molecule has 0 radical (unpaired) electrons. The van der Waals surface area contributed by atoms with Crippen LogP contribution in [-0.2, 0) is 14.5 Å². The zero-order valence-electron chi connectivity index (χ0n) is 10.4. The SMILES string of the molecule is CC(C)(C)OOCCOC(=O)c1ccccc1. The number of rotatable bonds is 5. The summed E-state index contributed by atoms with van der Waals surface area (Å²) in [5.74, 6) is -0.357. The highest BCUT2D eigenvalue weighted by molar-refractivity contribution is 5.89. The number of carbonyl (C=O) groups excluding carboxylic acids is 1. The second-order valence-electron chi connectivity index (χ2n) is 4.52. The van der Waals surface area contributed by atoms with Crippen molar-refractivity contribution in [3.63, 3.8) is 0 Å². The summed E-state index contributed by atoms with van der Waals surface area (Å²) in [6, 6.07) is 8.83. The zero-order valence-corrected chi connectivity index (χ0v) is 10.4. The normalized spacial score (nSPS) is 11.2. The minimum absolute atomic E-state index is 0.170. The van der Waals surface area contributed by atoms with Crippen LogP contribution in [-0.4, -0.2) is 24.8 Å². The van der Waals surface area contributed by atoms with Gasteiger partial charge in [-0.1, -0.05) is 18.2 Å². The van der Waals surface area contributed by atoms with E-state index in [9.17, 15) is 4.79 Å². The first-order valence-electron chi connectivity index (χ1n) is 5.52. The maximum Gasteiger partial charge on any atom is 0.338 e. The van der Waals surface area contributed by atoms with E-state index in [1.54, 1.807) is 24.3 Å². The summed E-state index contributed by atoms with van der Waals surface area (Å²) in [6.07, 6.45) is 0. The number of ether oxygens (including phenoxy) is 1. The first kappa shape index (κ1) is 13.7. The van der Waals surface area contributed by atoms with Crippen molar-refractivity contribution in [3.8, 4) is 0 Å². The fraction of sp³-hybridized carbons (Fsp3) is 0.462. The molecule has 0 N–H and O–H groups in total. The quantitative estimate of drug-likeness (QED) is 0.342. The van der Waals surface area contributed by atoms with Crippen LogP contribution in [0.25, 0.3) is 0 Å². The molecule has 0 saturated heterocycles. The molecule has 0 aliphatic heterocycles. The Morgan fingerprint density at radius 1 is 1.12 bits per heavy atom. The van der Waals surface area contributed by atoms with Gasteiger partial charge in [0.15, 0.2) is 0 Å². The van der Waals surface area contributed by atoms with E-state index in [4.69, 9.17) is 14.5 Å². The first-order valence-corrected chi connectivity index (χ1v) is 5.52. The number of carbonyl (C=O) groups is 1. The third kappa shape index (κ3) is 6.04. The van der Waals surface area contributed by atoms with Crippen LogP contribution in [0.5, 0.6) is 0 Å². The van der Waals surface area contributed by atoms with Crippen molar-refractivity contribution in [2.24, 2.45) is 0 Å². The Balaban J connectivity index is 2.18. The molecule has 4 nitrogen and oxygen atoms in total. The maximum absolute atomic E-state index is 11.5. The van der Waals surface area contributed by atoms with Crippen LogP contribution in [0.3, 0.4) is 0 Å². The van der Waals surface area contributed by atoms with E-state index >= 15 is 0 Å². The molecule has 0 aliphatic carbocycles. The number of hydrogen-bond donors (Lipinski definition) is 0. The van der Waals surface area contributed by atoms with E-state index in [2.05, 4.69) is 0 Å². The predicted molar refractivity (Wildman–Crippen MR) is 63.5 cm³/mol. The van der Waals surface area contributed by atoms with Crippen molar-refractivity contribution >= 4 is 5.97 Å². The molecule has 0 heterocycles. The average Bonchev–Trinajstić information content (AvgIpc) is 2.28. The molecule has 0 amide bonds. The van der Waals surface area contributed by atoms with Crippen LogP contribution in [0, 0.1) is 0 Å². The molecule has 1 aromatic rings. The minimum atomic E-state index is -0.358. The lowest BCUT2D eigenvalue weighted by atomic mass is 10.2. The molecule has 0 fully saturated rings. The van der Waals surface area contributed by atoms with Crippen LogP contribution in [0.4, 0.5) is 0 Å². The van der Waals surface area contributed by atoms with Gasteiger partial charge in [-0.3, -0.25) is 0 Å². The van der Waals surface area contributed by atoms with Crippen LogP contribution in [0.15, 0.2) is 30.3 Å². The Hall–Kier alpha value is -1.39. The number of benzene rings is 1. The number of hydrogen-bond acceptors (Lipinski definition) is 4. The Morgan fingerprint density at radius 3 is 2.35 bits per heavy atom. The first-order chi connectivity index (χ1) is 7.99. The fourth-order valence-electron chi connectivity index (χ4n) is 1.04. The van der Waals surface area contributed by atoms with Crippen molar-refractivity contribution < 1.29 is 19.3 Å². The molecule has 0 aliphatic rings. The summed E-state index contributed by atoms with van der Waals surface area (Å²) in [6.45, 7) is 6.02.